The van der Waals surface area contributed by atoms with Crippen LogP contribution < -0.4 is 0 Å². The highest BCUT2D eigenvalue weighted by atomic mass is 32.2. The second-order valence-corrected chi connectivity index (χ2v) is 8.54. The van der Waals surface area contributed by atoms with Crippen molar-refractivity contribution >= 4 is 17.7 Å². The Morgan fingerprint density at radius 3 is 2.60 bits per heavy atom. The highest BCUT2D eigenvalue weighted by Gasteiger charge is 2.24. The number of amides is 1. The van der Waals surface area contributed by atoms with Crippen LogP contribution in [0.15, 0.2) is 59.8 Å². The summed E-state index contributed by atoms with van der Waals surface area (Å²) in [6.45, 7) is 2.94. The van der Waals surface area contributed by atoms with Gasteiger partial charge in [-0.25, -0.2) is 4.39 Å². The fraction of sp³-hybridized carbons (Fsp3) is 0.348. The van der Waals surface area contributed by atoms with Crippen LogP contribution in [0.1, 0.15) is 37.6 Å². The van der Waals surface area contributed by atoms with Crippen molar-refractivity contribution in [3.05, 3.63) is 71.8 Å². The lowest BCUT2D eigenvalue weighted by atomic mass is 10.0. The molecule has 30 heavy (non-hydrogen) atoms. The smallest absolute Gasteiger partial charge is 0.233 e. The third-order valence-electron chi connectivity index (χ3n) is 5.44. The summed E-state index contributed by atoms with van der Waals surface area (Å²) in [5.41, 5.74) is 1.90. The SMILES string of the molecule is C[C@@H]1CCCCN1C(=O)CSc1nnc(Cc2ccccc2)n1-c1ccc(F)cc1. The number of thioether (sulfide) groups is 1. The number of likely N-dealkylation sites (tertiary alicyclic amines) is 1. The Morgan fingerprint density at radius 1 is 1.10 bits per heavy atom. The maximum atomic E-state index is 13.5. The summed E-state index contributed by atoms with van der Waals surface area (Å²) in [4.78, 5) is 14.7. The molecule has 5 nitrogen and oxygen atoms in total. The molecule has 7 heteroatoms. The number of piperidine rings is 1. The Bertz CT molecular complexity index is 990. The van der Waals surface area contributed by atoms with Crippen molar-refractivity contribution in [3.8, 4) is 5.69 Å². The van der Waals surface area contributed by atoms with Crippen LogP contribution in [-0.2, 0) is 11.2 Å². The first-order valence-corrected chi connectivity index (χ1v) is 11.3. The first-order chi connectivity index (χ1) is 14.6. The van der Waals surface area contributed by atoms with Gasteiger partial charge >= 0.3 is 0 Å². The monoisotopic (exact) mass is 424 g/mol. The summed E-state index contributed by atoms with van der Waals surface area (Å²) in [5, 5.41) is 9.39. The second-order valence-electron chi connectivity index (χ2n) is 7.59. The molecule has 0 bridgehead atoms. The molecule has 1 atom stereocenters. The fourth-order valence-corrected chi connectivity index (χ4v) is 4.67. The lowest BCUT2D eigenvalue weighted by molar-refractivity contribution is -0.131. The summed E-state index contributed by atoms with van der Waals surface area (Å²) in [6.07, 6.45) is 3.90. The van der Waals surface area contributed by atoms with Crippen molar-refractivity contribution in [1.82, 2.24) is 19.7 Å². The molecule has 0 saturated carbocycles. The summed E-state index contributed by atoms with van der Waals surface area (Å²) in [7, 11) is 0. The third kappa shape index (κ3) is 4.73. The van der Waals surface area contributed by atoms with E-state index in [0.29, 0.717) is 17.3 Å². The molecule has 3 aromatic rings. The van der Waals surface area contributed by atoms with Crippen molar-refractivity contribution in [2.75, 3.05) is 12.3 Å². The Labute approximate surface area is 180 Å². The molecule has 0 unspecified atom stereocenters. The summed E-state index contributed by atoms with van der Waals surface area (Å²) in [6, 6.07) is 16.6. The molecule has 156 valence electrons. The second kappa shape index (κ2) is 9.43. The number of hydrogen-bond acceptors (Lipinski definition) is 4. The molecule has 2 aromatic carbocycles. The minimum Gasteiger partial charge on any atom is -0.339 e. The Morgan fingerprint density at radius 2 is 1.87 bits per heavy atom. The number of nitrogens with zero attached hydrogens (tertiary/aromatic N) is 4. The number of carbonyl (C=O) groups excluding carboxylic acids is 1. The quantitative estimate of drug-likeness (QED) is 0.547. The molecule has 1 amide bonds. The lowest BCUT2D eigenvalue weighted by Gasteiger charge is -2.33. The minimum absolute atomic E-state index is 0.130. The molecule has 0 radical (unpaired) electrons. The van der Waals surface area contributed by atoms with Gasteiger partial charge in [0.05, 0.1) is 5.75 Å². The van der Waals surface area contributed by atoms with E-state index >= 15 is 0 Å². The van der Waals surface area contributed by atoms with Crippen LogP contribution in [0.2, 0.25) is 0 Å². The van der Waals surface area contributed by atoms with E-state index in [2.05, 4.69) is 17.1 Å². The molecule has 0 spiro atoms. The van der Waals surface area contributed by atoms with E-state index in [4.69, 9.17) is 0 Å². The number of hydrogen-bond donors (Lipinski definition) is 0. The van der Waals surface area contributed by atoms with E-state index in [1.54, 1.807) is 12.1 Å². The number of carbonyl (C=O) groups is 1. The lowest BCUT2D eigenvalue weighted by Crippen LogP contribution is -2.42. The normalized spacial score (nSPS) is 16.6. The van der Waals surface area contributed by atoms with E-state index in [0.717, 1.165) is 36.5 Å². The predicted molar refractivity (Wildman–Crippen MR) is 116 cm³/mol. The zero-order valence-corrected chi connectivity index (χ0v) is 17.8. The molecule has 2 heterocycles. The number of aromatic nitrogens is 3. The Balaban J connectivity index is 1.57. The Hall–Kier alpha value is -2.67. The van der Waals surface area contributed by atoms with Crippen LogP contribution in [0.3, 0.4) is 0 Å². The van der Waals surface area contributed by atoms with Crippen LogP contribution in [0.4, 0.5) is 4.39 Å². The van der Waals surface area contributed by atoms with Gasteiger partial charge in [-0.1, -0.05) is 42.1 Å². The van der Waals surface area contributed by atoms with Crippen molar-refractivity contribution < 1.29 is 9.18 Å². The van der Waals surface area contributed by atoms with E-state index in [9.17, 15) is 9.18 Å². The molecule has 1 aromatic heterocycles. The van der Waals surface area contributed by atoms with E-state index in [1.807, 2.05) is 39.8 Å². The molecule has 1 fully saturated rings. The topological polar surface area (TPSA) is 51.0 Å². The van der Waals surface area contributed by atoms with Gasteiger partial charge < -0.3 is 4.90 Å². The van der Waals surface area contributed by atoms with Gasteiger partial charge in [0.25, 0.3) is 0 Å². The highest BCUT2D eigenvalue weighted by molar-refractivity contribution is 7.99. The molecule has 0 N–H and O–H groups in total. The van der Waals surface area contributed by atoms with Crippen LogP contribution in [0.5, 0.6) is 0 Å². The highest BCUT2D eigenvalue weighted by Crippen LogP contribution is 2.25. The van der Waals surface area contributed by atoms with Gasteiger partial charge in [0.15, 0.2) is 5.16 Å². The Kier molecular flexibility index (Phi) is 6.47. The maximum absolute atomic E-state index is 13.5. The van der Waals surface area contributed by atoms with Crippen LogP contribution >= 0.6 is 11.8 Å². The molecule has 4 rings (SSSR count). The fourth-order valence-electron chi connectivity index (χ4n) is 3.81. The largest absolute Gasteiger partial charge is 0.339 e. The first kappa shape index (κ1) is 20.6. The summed E-state index contributed by atoms with van der Waals surface area (Å²) < 4.78 is 15.4. The van der Waals surface area contributed by atoms with Gasteiger partial charge in [-0.2, -0.15) is 0 Å². The number of halogens is 1. The van der Waals surface area contributed by atoms with Gasteiger partial charge in [-0.3, -0.25) is 9.36 Å². The van der Waals surface area contributed by atoms with Crippen molar-refractivity contribution in [2.24, 2.45) is 0 Å². The van der Waals surface area contributed by atoms with Crippen LogP contribution in [0, 0.1) is 5.82 Å². The van der Waals surface area contributed by atoms with Gasteiger partial charge in [-0.15, -0.1) is 10.2 Å². The van der Waals surface area contributed by atoms with Crippen molar-refractivity contribution in [2.45, 2.75) is 43.8 Å². The number of rotatable bonds is 6. The van der Waals surface area contributed by atoms with Gasteiger partial charge in [0, 0.05) is 24.7 Å². The zero-order valence-electron chi connectivity index (χ0n) is 17.0. The average molecular weight is 425 g/mol. The number of benzene rings is 2. The van der Waals surface area contributed by atoms with Crippen molar-refractivity contribution in [1.29, 1.82) is 0 Å². The van der Waals surface area contributed by atoms with Gasteiger partial charge in [-0.05, 0) is 56.0 Å². The molecular formula is C23H25FN4OS. The standard InChI is InChI=1S/C23H25FN4OS/c1-17-7-5-6-14-27(17)22(29)16-30-23-26-25-21(15-18-8-3-2-4-9-18)28(23)20-12-10-19(24)11-13-20/h2-4,8-13,17H,5-7,14-16H2,1H3/t17-/m1/s1. The maximum Gasteiger partial charge on any atom is 0.233 e. The average Bonchev–Trinajstić information content (AvgIpc) is 3.16. The van der Waals surface area contributed by atoms with Crippen molar-refractivity contribution in [3.63, 3.8) is 0 Å². The van der Waals surface area contributed by atoms with Gasteiger partial charge in [0.2, 0.25) is 5.91 Å². The first-order valence-electron chi connectivity index (χ1n) is 10.3. The molecule has 1 aliphatic heterocycles. The van der Waals surface area contributed by atoms with Crippen LogP contribution in [-0.4, -0.2) is 43.9 Å². The van der Waals surface area contributed by atoms with Crippen LogP contribution in [0.25, 0.3) is 5.69 Å². The summed E-state index contributed by atoms with van der Waals surface area (Å²) >= 11 is 1.39. The predicted octanol–water partition coefficient (Wildman–Crippen LogP) is 4.49. The van der Waals surface area contributed by atoms with E-state index in [-0.39, 0.29) is 17.8 Å². The molecule has 1 aliphatic rings. The van der Waals surface area contributed by atoms with Gasteiger partial charge in [0.1, 0.15) is 11.6 Å². The third-order valence-corrected chi connectivity index (χ3v) is 6.35. The van der Waals surface area contributed by atoms with E-state index < -0.39 is 0 Å². The molecule has 1 saturated heterocycles. The zero-order chi connectivity index (χ0) is 20.9. The minimum atomic E-state index is -0.292. The molecule has 0 aliphatic carbocycles. The molecular weight excluding hydrogens is 399 g/mol. The van der Waals surface area contributed by atoms with E-state index in [1.165, 1.54) is 30.3 Å². The summed E-state index contributed by atoms with van der Waals surface area (Å²) in [5.74, 6) is 0.911.